The Bertz CT molecular complexity index is 327. The summed E-state index contributed by atoms with van der Waals surface area (Å²) in [5.41, 5.74) is 0. The molecule has 0 radical (unpaired) electrons. The Morgan fingerprint density at radius 3 is 2.36 bits per heavy atom. The first-order chi connectivity index (χ1) is 6.44. The van der Waals surface area contributed by atoms with E-state index >= 15 is 0 Å². The molecule has 0 aromatic heterocycles. The molecule has 2 N–H and O–H groups in total. The van der Waals surface area contributed by atoms with Crippen LogP contribution in [-0.2, 0) is 10.2 Å². The van der Waals surface area contributed by atoms with E-state index in [-0.39, 0.29) is 12.0 Å². The fraction of sp³-hybridized carbons (Fsp3) is 0.875. The summed E-state index contributed by atoms with van der Waals surface area (Å²) in [7, 11) is -3.50. The van der Waals surface area contributed by atoms with Gasteiger partial charge < -0.3 is 0 Å². The van der Waals surface area contributed by atoms with Crippen LogP contribution >= 0.6 is 0 Å². The van der Waals surface area contributed by atoms with Gasteiger partial charge in [-0.05, 0) is 18.8 Å². The summed E-state index contributed by atoms with van der Waals surface area (Å²) in [5, 5.41) is 8.70. The summed E-state index contributed by atoms with van der Waals surface area (Å²) in [5.74, 6) is -0.0317. The Labute approximate surface area is 84.7 Å². The zero-order valence-corrected chi connectivity index (χ0v) is 9.13. The van der Waals surface area contributed by atoms with Crippen LogP contribution in [0.15, 0.2) is 0 Å². The van der Waals surface area contributed by atoms with E-state index in [0.29, 0.717) is 0 Å². The summed E-state index contributed by atoms with van der Waals surface area (Å²) in [4.78, 5) is 0. The van der Waals surface area contributed by atoms with Gasteiger partial charge >= 0.3 is 0 Å². The van der Waals surface area contributed by atoms with E-state index in [1.54, 1.807) is 13.8 Å². The summed E-state index contributed by atoms with van der Waals surface area (Å²) >= 11 is 0. The minimum atomic E-state index is -3.50. The Morgan fingerprint density at radius 2 is 2.00 bits per heavy atom. The van der Waals surface area contributed by atoms with Gasteiger partial charge in [-0.1, -0.05) is 13.8 Å². The molecule has 0 aromatic rings. The van der Waals surface area contributed by atoms with Gasteiger partial charge in [-0.15, -0.1) is 0 Å². The van der Waals surface area contributed by atoms with Crippen molar-refractivity contribution in [2.45, 2.75) is 38.8 Å². The standard InChI is InChI=1S/C8H15N3O2S/c1-6(2)8(5-9)11-14(12,13)10-7-3-4-7/h6-8,10-11H,3-4H2,1-2H3. The normalized spacial score (nSPS) is 19.3. The second-order valence-electron chi connectivity index (χ2n) is 3.86. The minimum Gasteiger partial charge on any atom is -0.199 e. The van der Waals surface area contributed by atoms with Gasteiger partial charge in [-0.2, -0.15) is 23.1 Å². The van der Waals surface area contributed by atoms with Gasteiger partial charge in [0.15, 0.2) is 0 Å². The highest BCUT2D eigenvalue weighted by atomic mass is 32.2. The van der Waals surface area contributed by atoms with Crippen LogP contribution in [-0.4, -0.2) is 20.5 Å². The number of nitrogens with one attached hydrogen (secondary N) is 2. The van der Waals surface area contributed by atoms with Crippen LogP contribution in [0.25, 0.3) is 0 Å². The Hall–Kier alpha value is -0.640. The van der Waals surface area contributed by atoms with E-state index in [0.717, 1.165) is 12.8 Å². The molecule has 0 saturated heterocycles. The van der Waals surface area contributed by atoms with E-state index < -0.39 is 16.3 Å². The Balaban J connectivity index is 2.52. The maximum Gasteiger partial charge on any atom is 0.278 e. The number of hydrogen-bond acceptors (Lipinski definition) is 3. The largest absolute Gasteiger partial charge is 0.278 e. The first kappa shape index (κ1) is 11.4. The average Bonchev–Trinajstić information content (AvgIpc) is 2.82. The monoisotopic (exact) mass is 217 g/mol. The number of nitriles is 1. The molecular weight excluding hydrogens is 202 g/mol. The van der Waals surface area contributed by atoms with Crippen molar-refractivity contribution in [3.05, 3.63) is 0 Å². The molecule has 0 aliphatic heterocycles. The molecule has 14 heavy (non-hydrogen) atoms. The summed E-state index contributed by atoms with van der Waals surface area (Å²) in [6, 6.07) is 1.33. The molecular formula is C8H15N3O2S. The van der Waals surface area contributed by atoms with Crippen LogP contribution in [0.3, 0.4) is 0 Å². The van der Waals surface area contributed by atoms with Crippen molar-refractivity contribution in [2.24, 2.45) is 5.92 Å². The number of hydrogen-bond donors (Lipinski definition) is 2. The minimum absolute atomic E-state index is 0.0317. The molecule has 80 valence electrons. The highest BCUT2D eigenvalue weighted by molar-refractivity contribution is 7.87. The molecule has 1 saturated carbocycles. The van der Waals surface area contributed by atoms with E-state index in [4.69, 9.17) is 5.26 Å². The van der Waals surface area contributed by atoms with Crippen molar-refractivity contribution in [1.29, 1.82) is 5.26 Å². The lowest BCUT2D eigenvalue weighted by Gasteiger charge is -2.15. The average molecular weight is 217 g/mol. The second-order valence-corrected chi connectivity index (χ2v) is 5.34. The van der Waals surface area contributed by atoms with E-state index in [9.17, 15) is 8.42 Å². The molecule has 5 nitrogen and oxygen atoms in total. The lowest BCUT2D eigenvalue weighted by atomic mass is 10.1. The molecule has 0 aromatic carbocycles. The van der Waals surface area contributed by atoms with Crippen LogP contribution in [0, 0.1) is 17.2 Å². The quantitative estimate of drug-likeness (QED) is 0.686. The van der Waals surface area contributed by atoms with Gasteiger partial charge in [0, 0.05) is 6.04 Å². The van der Waals surface area contributed by atoms with Crippen molar-refractivity contribution >= 4 is 10.2 Å². The topological polar surface area (TPSA) is 82.0 Å². The van der Waals surface area contributed by atoms with E-state index in [1.165, 1.54) is 0 Å². The highest BCUT2D eigenvalue weighted by Crippen LogP contribution is 2.19. The molecule has 1 aliphatic carbocycles. The van der Waals surface area contributed by atoms with E-state index in [2.05, 4.69) is 9.44 Å². The summed E-state index contributed by atoms with van der Waals surface area (Å²) < 4.78 is 27.5. The van der Waals surface area contributed by atoms with Crippen molar-refractivity contribution in [3.63, 3.8) is 0 Å². The molecule has 1 aliphatic rings. The van der Waals surface area contributed by atoms with Gasteiger partial charge in [0.25, 0.3) is 10.2 Å². The van der Waals surface area contributed by atoms with Crippen LogP contribution in [0.2, 0.25) is 0 Å². The van der Waals surface area contributed by atoms with Gasteiger partial charge in [0.05, 0.1) is 6.07 Å². The molecule has 1 unspecified atom stereocenters. The third kappa shape index (κ3) is 3.62. The summed E-state index contributed by atoms with van der Waals surface area (Å²) in [6.45, 7) is 3.60. The molecule has 1 rings (SSSR count). The van der Waals surface area contributed by atoms with Crippen LogP contribution < -0.4 is 9.44 Å². The Kier molecular flexibility index (Phi) is 3.48. The third-order valence-corrected chi connectivity index (χ3v) is 3.19. The maximum absolute atomic E-state index is 11.4. The lowest BCUT2D eigenvalue weighted by Crippen LogP contribution is -2.45. The first-order valence-electron chi connectivity index (χ1n) is 4.64. The molecule has 6 heteroatoms. The second kappa shape index (κ2) is 4.26. The molecule has 1 fully saturated rings. The molecule has 0 spiro atoms. The number of rotatable bonds is 5. The zero-order chi connectivity index (χ0) is 10.8. The van der Waals surface area contributed by atoms with Crippen LogP contribution in [0.1, 0.15) is 26.7 Å². The first-order valence-corrected chi connectivity index (χ1v) is 6.12. The smallest absolute Gasteiger partial charge is 0.199 e. The molecule has 1 atom stereocenters. The van der Waals surface area contributed by atoms with Crippen LogP contribution in [0.4, 0.5) is 0 Å². The van der Waals surface area contributed by atoms with Gasteiger partial charge in [0.2, 0.25) is 0 Å². The van der Waals surface area contributed by atoms with Crippen LogP contribution in [0.5, 0.6) is 0 Å². The highest BCUT2D eigenvalue weighted by Gasteiger charge is 2.28. The number of nitrogens with zero attached hydrogens (tertiary/aromatic N) is 1. The third-order valence-electron chi connectivity index (χ3n) is 1.99. The molecule has 0 heterocycles. The molecule has 0 bridgehead atoms. The SMILES string of the molecule is CC(C)C(C#N)NS(=O)(=O)NC1CC1. The predicted molar refractivity (Wildman–Crippen MR) is 52.5 cm³/mol. The van der Waals surface area contributed by atoms with Crippen molar-refractivity contribution in [3.8, 4) is 6.07 Å². The van der Waals surface area contributed by atoms with Crippen molar-refractivity contribution in [2.75, 3.05) is 0 Å². The molecule has 0 amide bonds. The summed E-state index contributed by atoms with van der Waals surface area (Å²) in [6.07, 6.45) is 1.78. The fourth-order valence-electron chi connectivity index (χ4n) is 0.933. The Morgan fingerprint density at radius 1 is 1.43 bits per heavy atom. The van der Waals surface area contributed by atoms with Crippen molar-refractivity contribution in [1.82, 2.24) is 9.44 Å². The fourth-order valence-corrected chi connectivity index (χ4v) is 2.34. The van der Waals surface area contributed by atoms with Crippen molar-refractivity contribution < 1.29 is 8.42 Å². The van der Waals surface area contributed by atoms with Gasteiger partial charge in [-0.3, -0.25) is 0 Å². The zero-order valence-electron chi connectivity index (χ0n) is 8.32. The van der Waals surface area contributed by atoms with E-state index in [1.807, 2.05) is 6.07 Å². The van der Waals surface area contributed by atoms with Gasteiger partial charge in [0.1, 0.15) is 6.04 Å². The lowest BCUT2D eigenvalue weighted by molar-refractivity contribution is 0.507. The van der Waals surface area contributed by atoms with Gasteiger partial charge in [-0.25, -0.2) is 0 Å². The maximum atomic E-state index is 11.4. The predicted octanol–water partition coefficient (Wildman–Crippen LogP) is 0.121.